The van der Waals surface area contributed by atoms with Crippen LogP contribution in [-0.4, -0.2) is 27.7 Å². The van der Waals surface area contributed by atoms with E-state index in [0.29, 0.717) is 16.1 Å². The van der Waals surface area contributed by atoms with E-state index < -0.39 is 10.0 Å². The number of sulfonamides is 1. The zero-order valence-electron chi connectivity index (χ0n) is 9.83. The molecule has 0 bridgehead atoms. The molecule has 1 atom stereocenters. The fourth-order valence-electron chi connectivity index (χ4n) is 1.80. The van der Waals surface area contributed by atoms with E-state index in [-0.39, 0.29) is 22.6 Å². The van der Waals surface area contributed by atoms with Gasteiger partial charge in [0.25, 0.3) is 0 Å². The average Bonchev–Trinajstić information content (AvgIpc) is 2.84. The molecule has 1 aromatic rings. The Balaban J connectivity index is 2.16. The van der Waals surface area contributed by atoms with Crippen LogP contribution >= 0.6 is 39.1 Å². The molecule has 1 aliphatic rings. The summed E-state index contributed by atoms with van der Waals surface area (Å²) in [5, 5.41) is 0.494. The fourth-order valence-corrected chi connectivity index (χ4v) is 4.45. The van der Waals surface area contributed by atoms with Gasteiger partial charge in [-0.2, -0.15) is 0 Å². The maximum absolute atomic E-state index is 12.2. The zero-order valence-corrected chi connectivity index (χ0v) is 13.7. The SMILES string of the molecule is O=S(=O)(NCC1CCCO1)c1cc(Cl)c(Cl)cc1Br. The van der Waals surface area contributed by atoms with Crippen molar-refractivity contribution in [1.82, 2.24) is 4.72 Å². The first kappa shape index (κ1) is 15.5. The summed E-state index contributed by atoms with van der Waals surface area (Å²) in [5.41, 5.74) is 0. The number of hydrogen-bond acceptors (Lipinski definition) is 3. The van der Waals surface area contributed by atoms with Gasteiger partial charge in [-0.05, 0) is 40.9 Å². The molecule has 1 heterocycles. The predicted octanol–water partition coefficient (Wildman–Crippen LogP) is 3.21. The maximum atomic E-state index is 12.2. The second-order valence-corrected chi connectivity index (χ2v) is 7.59. The monoisotopic (exact) mass is 387 g/mol. The Morgan fingerprint density at radius 1 is 1.37 bits per heavy atom. The summed E-state index contributed by atoms with van der Waals surface area (Å²) >= 11 is 14.8. The second-order valence-electron chi connectivity index (χ2n) is 4.18. The first-order chi connectivity index (χ1) is 8.90. The molecular formula is C11H12BrCl2NO3S. The molecule has 2 rings (SSSR count). The van der Waals surface area contributed by atoms with Crippen molar-refractivity contribution in [3.63, 3.8) is 0 Å². The first-order valence-electron chi connectivity index (χ1n) is 5.66. The third kappa shape index (κ3) is 3.83. The van der Waals surface area contributed by atoms with E-state index in [9.17, 15) is 8.42 Å². The van der Waals surface area contributed by atoms with Crippen LogP contribution < -0.4 is 4.72 Å². The van der Waals surface area contributed by atoms with Crippen molar-refractivity contribution in [1.29, 1.82) is 0 Å². The summed E-state index contributed by atoms with van der Waals surface area (Å²) in [7, 11) is -3.64. The van der Waals surface area contributed by atoms with Crippen LogP contribution in [-0.2, 0) is 14.8 Å². The average molecular weight is 389 g/mol. The van der Waals surface area contributed by atoms with Gasteiger partial charge in [0.1, 0.15) is 0 Å². The van der Waals surface area contributed by atoms with E-state index in [1.165, 1.54) is 12.1 Å². The van der Waals surface area contributed by atoms with Crippen LogP contribution in [0.15, 0.2) is 21.5 Å². The summed E-state index contributed by atoms with van der Waals surface area (Å²) in [6.45, 7) is 0.942. The summed E-state index contributed by atoms with van der Waals surface area (Å²) in [6, 6.07) is 2.79. The second kappa shape index (κ2) is 6.28. The molecule has 0 radical (unpaired) electrons. The number of halogens is 3. The molecule has 0 aliphatic carbocycles. The van der Waals surface area contributed by atoms with Gasteiger partial charge < -0.3 is 4.74 Å². The highest BCUT2D eigenvalue weighted by Gasteiger charge is 2.22. The molecule has 1 N–H and O–H groups in total. The van der Waals surface area contributed by atoms with E-state index in [2.05, 4.69) is 20.7 Å². The van der Waals surface area contributed by atoms with Crippen molar-refractivity contribution in [2.24, 2.45) is 0 Å². The largest absolute Gasteiger partial charge is 0.377 e. The Morgan fingerprint density at radius 2 is 2.05 bits per heavy atom. The lowest BCUT2D eigenvalue weighted by molar-refractivity contribution is 0.114. The van der Waals surface area contributed by atoms with Crippen LogP contribution in [0.4, 0.5) is 0 Å². The maximum Gasteiger partial charge on any atom is 0.241 e. The lowest BCUT2D eigenvalue weighted by atomic mass is 10.2. The van der Waals surface area contributed by atoms with Crippen molar-refractivity contribution >= 4 is 49.2 Å². The summed E-state index contributed by atoms with van der Waals surface area (Å²) in [6.07, 6.45) is 1.77. The minimum atomic E-state index is -3.64. The molecule has 4 nitrogen and oxygen atoms in total. The van der Waals surface area contributed by atoms with E-state index in [4.69, 9.17) is 27.9 Å². The van der Waals surface area contributed by atoms with Gasteiger partial charge >= 0.3 is 0 Å². The van der Waals surface area contributed by atoms with E-state index >= 15 is 0 Å². The lowest BCUT2D eigenvalue weighted by Crippen LogP contribution is -2.32. The van der Waals surface area contributed by atoms with Crippen LogP contribution in [0.3, 0.4) is 0 Å². The highest BCUT2D eigenvalue weighted by atomic mass is 79.9. The minimum absolute atomic E-state index is 0.0590. The molecule has 1 unspecified atom stereocenters. The standard InChI is InChI=1S/C11H12BrCl2NO3S/c12-8-4-9(13)10(14)5-11(8)19(16,17)15-6-7-2-1-3-18-7/h4-5,7,15H,1-3,6H2. The Kier molecular flexibility index (Phi) is 5.14. The molecule has 0 aromatic heterocycles. The zero-order chi connectivity index (χ0) is 14.0. The summed E-state index contributed by atoms with van der Waals surface area (Å²) < 4.78 is 32.6. The molecule has 0 spiro atoms. The number of benzene rings is 1. The molecular weight excluding hydrogens is 377 g/mol. The number of nitrogens with one attached hydrogen (secondary N) is 1. The van der Waals surface area contributed by atoms with Gasteiger partial charge in [0.15, 0.2) is 0 Å². The van der Waals surface area contributed by atoms with Crippen LogP contribution in [0.5, 0.6) is 0 Å². The highest BCUT2D eigenvalue weighted by molar-refractivity contribution is 9.10. The van der Waals surface area contributed by atoms with Crippen molar-refractivity contribution < 1.29 is 13.2 Å². The minimum Gasteiger partial charge on any atom is -0.377 e. The highest BCUT2D eigenvalue weighted by Crippen LogP contribution is 2.31. The molecule has 19 heavy (non-hydrogen) atoms. The van der Waals surface area contributed by atoms with Crippen LogP contribution in [0.1, 0.15) is 12.8 Å². The Morgan fingerprint density at radius 3 is 2.68 bits per heavy atom. The first-order valence-corrected chi connectivity index (χ1v) is 8.69. The third-order valence-electron chi connectivity index (χ3n) is 2.79. The molecule has 1 aromatic carbocycles. The van der Waals surface area contributed by atoms with E-state index in [1.54, 1.807) is 0 Å². The number of hydrogen-bond donors (Lipinski definition) is 1. The summed E-state index contributed by atoms with van der Waals surface area (Å²) in [4.78, 5) is 0.0693. The molecule has 106 valence electrons. The van der Waals surface area contributed by atoms with E-state index in [0.717, 1.165) is 12.8 Å². The Hall–Kier alpha value is 0.150. The molecule has 0 saturated carbocycles. The van der Waals surface area contributed by atoms with Crippen molar-refractivity contribution in [2.45, 2.75) is 23.8 Å². The van der Waals surface area contributed by atoms with E-state index in [1.807, 2.05) is 0 Å². The van der Waals surface area contributed by atoms with Gasteiger partial charge in [-0.1, -0.05) is 23.2 Å². The number of rotatable bonds is 4. The topological polar surface area (TPSA) is 55.4 Å². The lowest BCUT2D eigenvalue weighted by Gasteiger charge is -2.13. The van der Waals surface area contributed by atoms with Gasteiger partial charge in [0.05, 0.1) is 21.0 Å². The van der Waals surface area contributed by atoms with Gasteiger partial charge in [-0.3, -0.25) is 0 Å². The smallest absolute Gasteiger partial charge is 0.241 e. The van der Waals surface area contributed by atoms with Crippen molar-refractivity contribution in [3.8, 4) is 0 Å². The number of ether oxygens (including phenoxy) is 1. The van der Waals surface area contributed by atoms with Crippen molar-refractivity contribution in [2.75, 3.05) is 13.2 Å². The van der Waals surface area contributed by atoms with Crippen LogP contribution in [0, 0.1) is 0 Å². The third-order valence-corrected chi connectivity index (χ3v) is 5.89. The Labute approximate surface area is 130 Å². The molecule has 1 aliphatic heterocycles. The Bertz CT molecular complexity index is 574. The van der Waals surface area contributed by atoms with Gasteiger partial charge in [-0.25, -0.2) is 13.1 Å². The van der Waals surface area contributed by atoms with Crippen molar-refractivity contribution in [3.05, 3.63) is 26.7 Å². The summed E-state index contributed by atoms with van der Waals surface area (Å²) in [5.74, 6) is 0. The molecule has 8 heteroatoms. The van der Waals surface area contributed by atoms with Crippen LogP contribution in [0.25, 0.3) is 0 Å². The quantitative estimate of drug-likeness (QED) is 0.805. The normalized spacial score (nSPS) is 19.8. The van der Waals surface area contributed by atoms with Gasteiger partial charge in [0, 0.05) is 17.6 Å². The predicted molar refractivity (Wildman–Crippen MR) is 78.3 cm³/mol. The fraction of sp³-hybridized carbons (Fsp3) is 0.455. The van der Waals surface area contributed by atoms with Gasteiger partial charge in [-0.15, -0.1) is 0 Å². The van der Waals surface area contributed by atoms with Crippen LogP contribution in [0.2, 0.25) is 10.0 Å². The molecule has 0 amide bonds. The van der Waals surface area contributed by atoms with Gasteiger partial charge in [0.2, 0.25) is 10.0 Å². The molecule has 1 fully saturated rings. The molecule has 1 saturated heterocycles.